The van der Waals surface area contributed by atoms with Crippen molar-refractivity contribution in [2.24, 2.45) is 5.92 Å². The Morgan fingerprint density at radius 1 is 0.964 bits per heavy atom. The van der Waals surface area contributed by atoms with Crippen LogP contribution in [0.1, 0.15) is 18.9 Å². The lowest BCUT2D eigenvalue weighted by atomic mass is 10.1. The lowest BCUT2D eigenvalue weighted by Crippen LogP contribution is -2.50. The highest BCUT2D eigenvalue weighted by Gasteiger charge is 2.38. The molecule has 5 heteroatoms. The van der Waals surface area contributed by atoms with Crippen LogP contribution in [0.25, 0.3) is 0 Å². The first kappa shape index (κ1) is 18.5. The highest BCUT2D eigenvalue weighted by Crippen LogP contribution is 2.28. The Morgan fingerprint density at radius 2 is 1.68 bits per heavy atom. The summed E-state index contributed by atoms with van der Waals surface area (Å²) < 4.78 is 0. The molecule has 0 N–H and O–H groups in total. The monoisotopic (exact) mass is 377 g/mol. The number of rotatable bonds is 4. The van der Waals surface area contributed by atoms with Gasteiger partial charge in [0, 0.05) is 50.5 Å². The van der Waals surface area contributed by atoms with Gasteiger partial charge in [0.1, 0.15) is 0 Å². The van der Waals surface area contributed by atoms with Crippen molar-refractivity contribution in [1.29, 1.82) is 0 Å². The van der Waals surface area contributed by atoms with E-state index in [1.165, 1.54) is 11.3 Å². The summed E-state index contributed by atoms with van der Waals surface area (Å²) in [7, 11) is 0. The largest absolute Gasteiger partial charge is 0.368 e. The molecule has 2 saturated heterocycles. The van der Waals surface area contributed by atoms with Crippen molar-refractivity contribution in [2.45, 2.75) is 19.8 Å². The van der Waals surface area contributed by atoms with Gasteiger partial charge in [-0.15, -0.1) is 0 Å². The van der Waals surface area contributed by atoms with Gasteiger partial charge in [-0.25, -0.2) is 0 Å². The number of hydrogen-bond donors (Lipinski definition) is 0. The molecule has 0 saturated carbocycles. The Hall–Kier alpha value is -2.82. The van der Waals surface area contributed by atoms with E-state index in [2.05, 4.69) is 36.1 Å². The molecule has 146 valence electrons. The molecule has 0 radical (unpaired) electrons. The van der Waals surface area contributed by atoms with Crippen LogP contribution in [0.4, 0.5) is 11.4 Å². The highest BCUT2D eigenvalue weighted by molar-refractivity contribution is 6.00. The highest BCUT2D eigenvalue weighted by atomic mass is 16.2. The predicted molar refractivity (Wildman–Crippen MR) is 112 cm³/mol. The van der Waals surface area contributed by atoms with E-state index in [9.17, 15) is 9.59 Å². The lowest BCUT2D eigenvalue weighted by molar-refractivity contribution is -0.136. The number of benzene rings is 2. The third-order valence-electron chi connectivity index (χ3n) is 5.82. The fourth-order valence-corrected chi connectivity index (χ4v) is 4.15. The molecular formula is C23H27N3O2. The molecule has 0 aromatic heterocycles. The van der Waals surface area contributed by atoms with Crippen LogP contribution >= 0.6 is 0 Å². The molecular weight excluding hydrogens is 350 g/mol. The first-order valence-electron chi connectivity index (χ1n) is 10.1. The molecule has 0 spiro atoms. The van der Waals surface area contributed by atoms with E-state index < -0.39 is 0 Å². The zero-order valence-corrected chi connectivity index (χ0v) is 16.4. The van der Waals surface area contributed by atoms with Crippen molar-refractivity contribution in [3.8, 4) is 0 Å². The van der Waals surface area contributed by atoms with Crippen LogP contribution in [0.2, 0.25) is 0 Å². The van der Waals surface area contributed by atoms with Gasteiger partial charge in [-0.3, -0.25) is 9.59 Å². The molecule has 2 heterocycles. The molecule has 4 rings (SSSR count). The summed E-state index contributed by atoms with van der Waals surface area (Å²) in [4.78, 5) is 31.6. The summed E-state index contributed by atoms with van der Waals surface area (Å²) in [6, 6.07) is 18.4. The third-order valence-corrected chi connectivity index (χ3v) is 5.82. The predicted octanol–water partition coefficient (Wildman–Crippen LogP) is 2.95. The summed E-state index contributed by atoms with van der Waals surface area (Å²) in [6.07, 6.45) is 1.25. The van der Waals surface area contributed by atoms with Gasteiger partial charge in [0.15, 0.2) is 0 Å². The standard InChI is InChI=1S/C23H27N3O2/c1-2-18-7-6-10-21(15-18)26-17-19(16-22(26)27)23(28)25-13-11-24(12-14-25)20-8-4-3-5-9-20/h3-10,15,19H,2,11-14,16-17H2,1H3. The number of nitrogens with zero attached hydrogens (tertiary/aromatic N) is 3. The lowest BCUT2D eigenvalue weighted by Gasteiger charge is -2.37. The van der Waals surface area contributed by atoms with E-state index in [-0.39, 0.29) is 17.7 Å². The van der Waals surface area contributed by atoms with Crippen LogP contribution in [-0.2, 0) is 16.0 Å². The quantitative estimate of drug-likeness (QED) is 0.823. The Bertz CT molecular complexity index is 844. The minimum atomic E-state index is -0.235. The maximum Gasteiger partial charge on any atom is 0.228 e. The molecule has 1 unspecified atom stereocenters. The second-order valence-electron chi connectivity index (χ2n) is 7.58. The molecule has 2 fully saturated rings. The summed E-state index contributed by atoms with van der Waals surface area (Å²) in [5.41, 5.74) is 3.32. The normalized spacial score (nSPS) is 20.0. The van der Waals surface area contributed by atoms with Crippen molar-refractivity contribution in [3.05, 3.63) is 60.2 Å². The van der Waals surface area contributed by atoms with Gasteiger partial charge in [-0.1, -0.05) is 37.3 Å². The maximum atomic E-state index is 13.0. The van der Waals surface area contributed by atoms with Crippen molar-refractivity contribution < 1.29 is 9.59 Å². The SMILES string of the molecule is CCc1cccc(N2CC(C(=O)N3CCN(c4ccccc4)CC3)CC2=O)c1. The number of carbonyl (C=O) groups excluding carboxylic acids is 2. The van der Waals surface area contributed by atoms with Crippen LogP contribution < -0.4 is 9.80 Å². The van der Waals surface area contributed by atoms with Crippen LogP contribution in [0.5, 0.6) is 0 Å². The fourth-order valence-electron chi connectivity index (χ4n) is 4.15. The smallest absolute Gasteiger partial charge is 0.228 e. The first-order chi connectivity index (χ1) is 13.7. The average Bonchev–Trinajstić information content (AvgIpc) is 3.15. The van der Waals surface area contributed by atoms with E-state index in [0.29, 0.717) is 26.1 Å². The minimum Gasteiger partial charge on any atom is -0.368 e. The summed E-state index contributed by atoms with van der Waals surface area (Å²) in [6.45, 7) is 5.68. The number of para-hydroxylation sites is 1. The van der Waals surface area contributed by atoms with Gasteiger partial charge in [-0.05, 0) is 36.2 Å². The van der Waals surface area contributed by atoms with Crippen molar-refractivity contribution in [3.63, 3.8) is 0 Å². The second-order valence-corrected chi connectivity index (χ2v) is 7.58. The number of anilines is 2. The van der Waals surface area contributed by atoms with Gasteiger partial charge >= 0.3 is 0 Å². The Labute approximate surface area is 166 Å². The average molecular weight is 377 g/mol. The van der Waals surface area contributed by atoms with Crippen LogP contribution in [-0.4, -0.2) is 49.4 Å². The van der Waals surface area contributed by atoms with Crippen molar-refractivity contribution in [1.82, 2.24) is 4.90 Å². The van der Waals surface area contributed by atoms with E-state index >= 15 is 0 Å². The van der Waals surface area contributed by atoms with Crippen molar-refractivity contribution >= 4 is 23.2 Å². The van der Waals surface area contributed by atoms with Gasteiger partial charge < -0.3 is 14.7 Å². The first-order valence-corrected chi connectivity index (χ1v) is 10.1. The zero-order valence-electron chi connectivity index (χ0n) is 16.4. The Kier molecular flexibility index (Phi) is 5.33. The maximum absolute atomic E-state index is 13.0. The molecule has 2 aliphatic rings. The van der Waals surface area contributed by atoms with Gasteiger partial charge in [0.2, 0.25) is 11.8 Å². The van der Waals surface area contributed by atoms with Gasteiger partial charge in [-0.2, -0.15) is 0 Å². The third kappa shape index (κ3) is 3.75. The molecule has 2 amide bonds. The Balaban J connectivity index is 1.37. The molecule has 28 heavy (non-hydrogen) atoms. The fraction of sp³-hybridized carbons (Fsp3) is 0.391. The summed E-state index contributed by atoms with van der Waals surface area (Å²) in [5, 5.41) is 0. The van der Waals surface area contributed by atoms with Gasteiger partial charge in [0.25, 0.3) is 0 Å². The number of amides is 2. The molecule has 2 aromatic carbocycles. The molecule has 0 aliphatic carbocycles. The molecule has 5 nitrogen and oxygen atoms in total. The van der Waals surface area contributed by atoms with E-state index in [1.54, 1.807) is 4.90 Å². The number of piperazine rings is 1. The topological polar surface area (TPSA) is 43.9 Å². The summed E-state index contributed by atoms with van der Waals surface area (Å²) >= 11 is 0. The van der Waals surface area contributed by atoms with Crippen LogP contribution in [0.15, 0.2) is 54.6 Å². The van der Waals surface area contributed by atoms with Gasteiger partial charge in [0.05, 0.1) is 5.92 Å². The molecule has 0 bridgehead atoms. The van der Waals surface area contributed by atoms with Crippen LogP contribution in [0, 0.1) is 5.92 Å². The number of carbonyl (C=O) groups is 2. The molecule has 2 aliphatic heterocycles. The minimum absolute atomic E-state index is 0.0505. The second kappa shape index (κ2) is 8.05. The number of aryl methyl sites for hydroxylation is 1. The van der Waals surface area contributed by atoms with E-state index in [1.807, 2.05) is 35.2 Å². The van der Waals surface area contributed by atoms with Crippen molar-refractivity contribution in [2.75, 3.05) is 42.5 Å². The number of hydrogen-bond acceptors (Lipinski definition) is 3. The van der Waals surface area contributed by atoms with Crippen LogP contribution in [0.3, 0.4) is 0 Å². The zero-order chi connectivity index (χ0) is 19.5. The molecule has 2 aromatic rings. The van der Waals surface area contributed by atoms with E-state index in [4.69, 9.17) is 0 Å². The Morgan fingerprint density at radius 3 is 2.39 bits per heavy atom. The molecule has 1 atom stereocenters. The van der Waals surface area contributed by atoms with E-state index in [0.717, 1.165) is 25.2 Å². The summed E-state index contributed by atoms with van der Waals surface area (Å²) in [5.74, 6) is -0.0641.